The molecule has 2 aliphatic heterocycles. The molecule has 0 radical (unpaired) electrons. The monoisotopic (exact) mass is 296 g/mol. The van der Waals surface area contributed by atoms with Crippen molar-refractivity contribution in [2.75, 3.05) is 23.4 Å². The first-order valence-electron chi connectivity index (χ1n) is 6.55. The van der Waals surface area contributed by atoms with Crippen molar-refractivity contribution in [3.63, 3.8) is 0 Å². The molecule has 7 heteroatoms. The third-order valence-electron chi connectivity index (χ3n) is 3.51. The summed E-state index contributed by atoms with van der Waals surface area (Å²) in [5.74, 6) is 1.03. The van der Waals surface area contributed by atoms with E-state index in [0.717, 1.165) is 17.7 Å². The van der Waals surface area contributed by atoms with E-state index in [0.29, 0.717) is 18.7 Å². The summed E-state index contributed by atoms with van der Waals surface area (Å²) in [6, 6.07) is 4.82. The van der Waals surface area contributed by atoms with E-state index in [-0.39, 0.29) is 23.6 Å². The van der Waals surface area contributed by atoms with Gasteiger partial charge in [0.05, 0.1) is 18.1 Å². The second-order valence-corrected chi connectivity index (χ2v) is 7.35. The number of nitrogens with one attached hydrogen (secondary N) is 2. The first kappa shape index (κ1) is 13.2. The van der Waals surface area contributed by atoms with Crippen molar-refractivity contribution in [1.82, 2.24) is 5.32 Å². The Balaban J connectivity index is 1.59. The van der Waals surface area contributed by atoms with Crippen LogP contribution in [0.4, 0.5) is 10.5 Å². The van der Waals surface area contributed by atoms with Gasteiger partial charge in [-0.2, -0.15) is 0 Å². The first-order chi connectivity index (χ1) is 9.52. The Morgan fingerprint density at radius 1 is 1.35 bits per heavy atom. The van der Waals surface area contributed by atoms with Crippen molar-refractivity contribution in [1.29, 1.82) is 0 Å². The average molecular weight is 296 g/mol. The molecular formula is C13H16N2O4S. The van der Waals surface area contributed by atoms with Crippen molar-refractivity contribution < 1.29 is 17.9 Å². The smallest absolute Gasteiger partial charge is 0.319 e. The third-order valence-corrected chi connectivity index (χ3v) is 5.28. The molecule has 1 atom stereocenters. The Morgan fingerprint density at radius 3 is 2.95 bits per heavy atom. The summed E-state index contributed by atoms with van der Waals surface area (Å²) >= 11 is 0. The topological polar surface area (TPSA) is 84.5 Å². The molecule has 1 aromatic carbocycles. The van der Waals surface area contributed by atoms with Crippen molar-refractivity contribution in [2.45, 2.75) is 18.9 Å². The van der Waals surface area contributed by atoms with Gasteiger partial charge >= 0.3 is 6.03 Å². The summed E-state index contributed by atoms with van der Waals surface area (Å²) in [5, 5.41) is 5.42. The van der Waals surface area contributed by atoms with E-state index in [9.17, 15) is 13.2 Å². The minimum absolute atomic E-state index is 0.0262. The van der Waals surface area contributed by atoms with Gasteiger partial charge in [-0.1, -0.05) is 0 Å². The molecule has 0 bridgehead atoms. The molecule has 0 saturated carbocycles. The van der Waals surface area contributed by atoms with E-state index in [2.05, 4.69) is 10.6 Å². The lowest BCUT2D eigenvalue weighted by Crippen LogP contribution is -2.38. The van der Waals surface area contributed by atoms with E-state index < -0.39 is 9.84 Å². The van der Waals surface area contributed by atoms with E-state index in [1.54, 1.807) is 6.07 Å². The van der Waals surface area contributed by atoms with Gasteiger partial charge < -0.3 is 15.4 Å². The number of hydrogen-bond acceptors (Lipinski definition) is 4. The number of hydrogen-bond donors (Lipinski definition) is 2. The van der Waals surface area contributed by atoms with Crippen LogP contribution in [0.5, 0.6) is 5.75 Å². The Morgan fingerprint density at radius 2 is 2.20 bits per heavy atom. The quantitative estimate of drug-likeness (QED) is 0.850. The number of urea groups is 1. The predicted octanol–water partition coefficient (Wildman–Crippen LogP) is 0.930. The number of fused-ring (bicyclic) bond motifs is 1. The fourth-order valence-corrected chi connectivity index (χ4v) is 4.20. The number of amides is 2. The fraction of sp³-hybridized carbons (Fsp3) is 0.462. The average Bonchev–Trinajstić information content (AvgIpc) is 2.95. The number of benzene rings is 1. The zero-order valence-corrected chi connectivity index (χ0v) is 11.7. The van der Waals surface area contributed by atoms with E-state index >= 15 is 0 Å². The molecule has 2 aliphatic rings. The van der Waals surface area contributed by atoms with Gasteiger partial charge in [0.1, 0.15) is 5.75 Å². The van der Waals surface area contributed by atoms with E-state index in [1.165, 1.54) is 0 Å². The van der Waals surface area contributed by atoms with Gasteiger partial charge in [-0.3, -0.25) is 0 Å². The lowest BCUT2D eigenvalue weighted by atomic mass is 10.1. The van der Waals surface area contributed by atoms with Crippen LogP contribution in [0, 0.1) is 0 Å². The molecule has 0 aliphatic carbocycles. The second kappa shape index (κ2) is 4.97. The molecule has 20 heavy (non-hydrogen) atoms. The molecule has 2 heterocycles. The Bertz CT molecular complexity index is 642. The molecule has 0 spiro atoms. The Hall–Kier alpha value is -1.76. The maximum atomic E-state index is 11.8. The SMILES string of the molecule is O=C(Nc1ccc2c(c1)CCO2)N[C@@H]1CCS(=O)(=O)C1. The van der Waals surface area contributed by atoms with Gasteiger partial charge in [-0.25, -0.2) is 13.2 Å². The van der Waals surface area contributed by atoms with Crippen LogP contribution >= 0.6 is 0 Å². The predicted molar refractivity (Wildman–Crippen MR) is 74.9 cm³/mol. The maximum absolute atomic E-state index is 11.8. The summed E-state index contributed by atoms with van der Waals surface area (Å²) in [6.07, 6.45) is 1.32. The van der Waals surface area contributed by atoms with Crippen LogP contribution in [0.25, 0.3) is 0 Å². The summed E-state index contributed by atoms with van der Waals surface area (Å²) in [7, 11) is -2.98. The minimum atomic E-state index is -2.98. The molecule has 0 unspecified atom stereocenters. The molecule has 2 amide bonds. The number of carbonyl (C=O) groups is 1. The fourth-order valence-electron chi connectivity index (χ4n) is 2.53. The van der Waals surface area contributed by atoms with Crippen LogP contribution < -0.4 is 15.4 Å². The highest BCUT2D eigenvalue weighted by atomic mass is 32.2. The normalized spacial score (nSPS) is 22.9. The number of carbonyl (C=O) groups excluding carboxylic acids is 1. The molecule has 1 aromatic rings. The van der Waals surface area contributed by atoms with Crippen molar-refractivity contribution in [3.8, 4) is 5.75 Å². The van der Waals surface area contributed by atoms with Crippen LogP contribution in [0.15, 0.2) is 18.2 Å². The van der Waals surface area contributed by atoms with Gasteiger partial charge in [-0.05, 0) is 30.2 Å². The van der Waals surface area contributed by atoms with Gasteiger partial charge in [0.15, 0.2) is 9.84 Å². The number of ether oxygens (including phenoxy) is 1. The van der Waals surface area contributed by atoms with E-state index in [4.69, 9.17) is 4.74 Å². The van der Waals surface area contributed by atoms with Gasteiger partial charge in [0.25, 0.3) is 0 Å². The van der Waals surface area contributed by atoms with Gasteiger partial charge in [-0.15, -0.1) is 0 Å². The van der Waals surface area contributed by atoms with Gasteiger partial charge in [0.2, 0.25) is 0 Å². The molecule has 1 fully saturated rings. The van der Waals surface area contributed by atoms with Crippen LogP contribution in [0.3, 0.4) is 0 Å². The highest BCUT2D eigenvalue weighted by Gasteiger charge is 2.28. The lowest BCUT2D eigenvalue weighted by Gasteiger charge is -2.12. The zero-order valence-electron chi connectivity index (χ0n) is 10.9. The van der Waals surface area contributed by atoms with Crippen molar-refractivity contribution in [3.05, 3.63) is 23.8 Å². The Labute approximate surface area is 117 Å². The van der Waals surface area contributed by atoms with Crippen LogP contribution in [-0.4, -0.2) is 38.6 Å². The van der Waals surface area contributed by atoms with Crippen LogP contribution in [0.2, 0.25) is 0 Å². The van der Waals surface area contributed by atoms with Crippen molar-refractivity contribution in [2.24, 2.45) is 0 Å². The zero-order chi connectivity index (χ0) is 14.2. The molecule has 2 N–H and O–H groups in total. The van der Waals surface area contributed by atoms with Crippen LogP contribution in [0.1, 0.15) is 12.0 Å². The van der Waals surface area contributed by atoms with Crippen molar-refractivity contribution >= 4 is 21.6 Å². The largest absolute Gasteiger partial charge is 0.493 e. The van der Waals surface area contributed by atoms with Gasteiger partial charge in [0, 0.05) is 18.2 Å². The number of rotatable bonds is 2. The molecule has 6 nitrogen and oxygen atoms in total. The maximum Gasteiger partial charge on any atom is 0.319 e. The molecule has 0 aromatic heterocycles. The molecule has 108 valence electrons. The highest BCUT2D eigenvalue weighted by molar-refractivity contribution is 7.91. The summed E-state index contributed by atoms with van der Waals surface area (Å²) < 4.78 is 28.0. The standard InChI is InChI=1S/C13H16N2O4S/c16-13(15-11-4-6-20(17,18)8-11)14-10-1-2-12-9(7-10)3-5-19-12/h1-2,7,11H,3-6,8H2,(H2,14,15,16)/t11-/m1/s1. The number of sulfone groups is 1. The first-order valence-corrected chi connectivity index (χ1v) is 8.38. The second-order valence-electron chi connectivity index (χ2n) is 5.12. The molecule has 1 saturated heterocycles. The van der Waals surface area contributed by atoms with E-state index in [1.807, 2.05) is 12.1 Å². The minimum Gasteiger partial charge on any atom is -0.493 e. The molecular weight excluding hydrogens is 280 g/mol. The third kappa shape index (κ3) is 2.87. The highest BCUT2D eigenvalue weighted by Crippen LogP contribution is 2.27. The summed E-state index contributed by atoms with van der Waals surface area (Å²) in [6.45, 7) is 0.672. The Kier molecular flexibility index (Phi) is 3.29. The summed E-state index contributed by atoms with van der Waals surface area (Å²) in [4.78, 5) is 11.8. The number of anilines is 1. The van der Waals surface area contributed by atoms with Crippen LogP contribution in [-0.2, 0) is 16.3 Å². The molecule has 3 rings (SSSR count). The lowest BCUT2D eigenvalue weighted by molar-refractivity contribution is 0.249. The summed E-state index contributed by atoms with van der Waals surface area (Å²) in [5.41, 5.74) is 1.76.